The van der Waals surface area contributed by atoms with Crippen LogP contribution in [0.5, 0.6) is 5.75 Å². The Morgan fingerprint density at radius 1 is 1.16 bits per heavy atom. The highest BCUT2D eigenvalue weighted by Crippen LogP contribution is 2.27. The van der Waals surface area contributed by atoms with Gasteiger partial charge < -0.3 is 14.6 Å². The molecule has 1 N–H and O–H groups in total. The first kappa shape index (κ1) is 23.4. The van der Waals surface area contributed by atoms with Crippen LogP contribution in [-0.2, 0) is 17.8 Å². The molecule has 1 unspecified atom stereocenters. The van der Waals surface area contributed by atoms with Crippen molar-refractivity contribution in [1.29, 1.82) is 0 Å². The molecule has 6 nitrogen and oxygen atoms in total. The van der Waals surface area contributed by atoms with E-state index in [4.69, 9.17) is 27.9 Å². The Labute approximate surface area is 196 Å². The van der Waals surface area contributed by atoms with Gasteiger partial charge in [0.05, 0.1) is 16.5 Å². The zero-order valence-corrected chi connectivity index (χ0v) is 19.9. The molecule has 0 saturated heterocycles. The minimum absolute atomic E-state index is 0.161. The van der Waals surface area contributed by atoms with Crippen LogP contribution < -0.4 is 10.1 Å². The molecule has 3 aromatic rings. The third-order valence-electron chi connectivity index (χ3n) is 4.60. The molecule has 3 rings (SSSR count). The molecule has 1 aromatic heterocycles. The standard InChI is InChI=1S/C22H24Cl2N4O2S/c1-4-15-6-9-17(10-7-15)30-14(3)21-26-27-22(28(21)5-2)31-13-20(29)25-19-12-16(23)8-11-18(19)24/h6-12,14H,4-5,13H2,1-3H3,(H,25,29). The van der Waals surface area contributed by atoms with Crippen molar-refractivity contribution in [3.63, 3.8) is 0 Å². The second-order valence-electron chi connectivity index (χ2n) is 6.80. The number of nitrogens with one attached hydrogen (secondary N) is 1. The van der Waals surface area contributed by atoms with Crippen molar-refractivity contribution in [3.8, 4) is 5.75 Å². The van der Waals surface area contributed by atoms with Gasteiger partial charge in [0.1, 0.15) is 5.75 Å². The summed E-state index contributed by atoms with van der Waals surface area (Å²) in [5.74, 6) is 1.45. The number of amides is 1. The fourth-order valence-corrected chi connectivity index (χ4v) is 4.12. The van der Waals surface area contributed by atoms with E-state index in [1.807, 2.05) is 30.5 Å². The monoisotopic (exact) mass is 478 g/mol. The number of halogens is 2. The van der Waals surface area contributed by atoms with Gasteiger partial charge in [-0.3, -0.25) is 4.79 Å². The normalized spacial score (nSPS) is 11.9. The molecule has 0 saturated carbocycles. The van der Waals surface area contributed by atoms with Crippen molar-refractivity contribution < 1.29 is 9.53 Å². The van der Waals surface area contributed by atoms with E-state index < -0.39 is 0 Å². The molecular formula is C22H24Cl2N4O2S. The SMILES string of the molecule is CCc1ccc(OC(C)c2nnc(SCC(=O)Nc3cc(Cl)ccc3Cl)n2CC)cc1. The number of aryl methyl sites for hydroxylation is 1. The highest BCUT2D eigenvalue weighted by atomic mass is 35.5. The molecule has 1 amide bonds. The fraction of sp³-hybridized carbons (Fsp3) is 0.318. The van der Waals surface area contributed by atoms with Crippen molar-refractivity contribution >= 4 is 46.6 Å². The largest absolute Gasteiger partial charge is 0.483 e. The number of ether oxygens (including phenoxy) is 1. The van der Waals surface area contributed by atoms with Crippen LogP contribution in [0, 0.1) is 0 Å². The fourth-order valence-electron chi connectivity index (χ4n) is 2.97. The zero-order chi connectivity index (χ0) is 22.4. The van der Waals surface area contributed by atoms with Crippen molar-refractivity contribution in [1.82, 2.24) is 14.8 Å². The van der Waals surface area contributed by atoms with Crippen LogP contribution in [0.15, 0.2) is 47.6 Å². The number of hydrogen-bond acceptors (Lipinski definition) is 5. The molecule has 0 bridgehead atoms. The van der Waals surface area contributed by atoms with Crippen LogP contribution in [-0.4, -0.2) is 26.4 Å². The molecule has 164 valence electrons. The first-order chi connectivity index (χ1) is 14.9. The van der Waals surface area contributed by atoms with E-state index in [0.29, 0.717) is 33.3 Å². The van der Waals surface area contributed by atoms with Gasteiger partial charge in [0.15, 0.2) is 17.1 Å². The van der Waals surface area contributed by atoms with Gasteiger partial charge >= 0.3 is 0 Å². The summed E-state index contributed by atoms with van der Waals surface area (Å²) in [5, 5.41) is 12.9. The van der Waals surface area contributed by atoms with Crippen molar-refractivity contribution in [2.75, 3.05) is 11.1 Å². The van der Waals surface area contributed by atoms with Crippen LogP contribution in [0.2, 0.25) is 10.0 Å². The van der Waals surface area contributed by atoms with Crippen molar-refractivity contribution in [2.24, 2.45) is 0 Å². The summed E-state index contributed by atoms with van der Waals surface area (Å²) in [5.41, 5.74) is 1.74. The molecule has 0 aliphatic heterocycles. The highest BCUT2D eigenvalue weighted by Gasteiger charge is 2.19. The number of hydrogen-bond donors (Lipinski definition) is 1. The second kappa shape index (κ2) is 10.9. The maximum absolute atomic E-state index is 12.4. The number of thioether (sulfide) groups is 1. The lowest BCUT2D eigenvalue weighted by molar-refractivity contribution is -0.113. The number of benzene rings is 2. The molecular weight excluding hydrogens is 455 g/mol. The van der Waals surface area contributed by atoms with Crippen LogP contribution in [0.25, 0.3) is 0 Å². The Hall–Kier alpha value is -2.22. The zero-order valence-electron chi connectivity index (χ0n) is 17.6. The number of nitrogens with zero attached hydrogens (tertiary/aromatic N) is 3. The molecule has 0 fully saturated rings. The van der Waals surface area contributed by atoms with E-state index in [1.54, 1.807) is 18.2 Å². The summed E-state index contributed by atoms with van der Waals surface area (Å²) in [4.78, 5) is 12.4. The molecule has 0 aliphatic rings. The summed E-state index contributed by atoms with van der Waals surface area (Å²) >= 11 is 13.4. The van der Waals surface area contributed by atoms with E-state index in [0.717, 1.165) is 12.2 Å². The van der Waals surface area contributed by atoms with Crippen LogP contribution >= 0.6 is 35.0 Å². The van der Waals surface area contributed by atoms with Gasteiger partial charge in [-0.1, -0.05) is 54.0 Å². The number of rotatable bonds is 9. The second-order valence-corrected chi connectivity index (χ2v) is 8.59. The average Bonchev–Trinajstić information content (AvgIpc) is 3.18. The van der Waals surface area contributed by atoms with E-state index in [2.05, 4.69) is 34.6 Å². The number of anilines is 1. The summed E-state index contributed by atoms with van der Waals surface area (Å²) in [6, 6.07) is 13.0. The molecule has 9 heteroatoms. The quantitative estimate of drug-likeness (QED) is 0.379. The van der Waals surface area contributed by atoms with Gasteiger partial charge in [-0.25, -0.2) is 0 Å². The van der Waals surface area contributed by atoms with Gasteiger partial charge in [0.25, 0.3) is 0 Å². The number of carbonyl (C=O) groups excluding carboxylic acids is 1. The van der Waals surface area contributed by atoms with E-state index in [-0.39, 0.29) is 17.8 Å². The lowest BCUT2D eigenvalue weighted by Gasteiger charge is -2.16. The van der Waals surface area contributed by atoms with E-state index >= 15 is 0 Å². The lowest BCUT2D eigenvalue weighted by Crippen LogP contribution is -2.15. The topological polar surface area (TPSA) is 69.0 Å². The lowest BCUT2D eigenvalue weighted by atomic mass is 10.2. The van der Waals surface area contributed by atoms with Gasteiger partial charge in [0, 0.05) is 11.6 Å². The third-order valence-corrected chi connectivity index (χ3v) is 6.14. The first-order valence-electron chi connectivity index (χ1n) is 9.97. The molecule has 2 aromatic carbocycles. The minimum Gasteiger partial charge on any atom is -0.483 e. The Balaban J connectivity index is 1.63. The Morgan fingerprint density at radius 3 is 2.58 bits per heavy atom. The summed E-state index contributed by atoms with van der Waals surface area (Å²) in [6.45, 7) is 6.72. The Kier molecular flexibility index (Phi) is 8.23. The van der Waals surface area contributed by atoms with Crippen LogP contribution in [0.4, 0.5) is 5.69 Å². The predicted molar refractivity (Wildman–Crippen MR) is 126 cm³/mol. The maximum Gasteiger partial charge on any atom is 0.234 e. The summed E-state index contributed by atoms with van der Waals surface area (Å²) in [7, 11) is 0. The molecule has 0 radical (unpaired) electrons. The highest BCUT2D eigenvalue weighted by molar-refractivity contribution is 7.99. The van der Waals surface area contributed by atoms with Crippen molar-refractivity contribution in [2.45, 2.75) is 45.0 Å². The Bertz CT molecular complexity index is 1040. The third kappa shape index (κ3) is 6.15. The van der Waals surface area contributed by atoms with Crippen molar-refractivity contribution in [3.05, 3.63) is 63.9 Å². The summed E-state index contributed by atoms with van der Waals surface area (Å²) in [6.07, 6.45) is 0.700. The number of carbonyl (C=O) groups is 1. The summed E-state index contributed by atoms with van der Waals surface area (Å²) < 4.78 is 8.00. The predicted octanol–water partition coefficient (Wildman–Crippen LogP) is 6.04. The molecule has 0 aliphatic carbocycles. The Morgan fingerprint density at radius 2 is 1.90 bits per heavy atom. The minimum atomic E-state index is -0.284. The average molecular weight is 479 g/mol. The molecule has 1 atom stereocenters. The smallest absolute Gasteiger partial charge is 0.234 e. The maximum atomic E-state index is 12.4. The van der Waals surface area contributed by atoms with Gasteiger partial charge in [-0.05, 0) is 56.2 Å². The van der Waals surface area contributed by atoms with Gasteiger partial charge in [0.2, 0.25) is 5.91 Å². The van der Waals surface area contributed by atoms with Crippen LogP contribution in [0.1, 0.15) is 38.3 Å². The number of aromatic nitrogens is 3. The first-order valence-corrected chi connectivity index (χ1v) is 11.7. The molecule has 0 spiro atoms. The van der Waals surface area contributed by atoms with E-state index in [9.17, 15) is 4.79 Å². The molecule has 1 heterocycles. The van der Waals surface area contributed by atoms with E-state index in [1.165, 1.54) is 17.3 Å². The van der Waals surface area contributed by atoms with Gasteiger partial charge in [-0.2, -0.15) is 0 Å². The van der Waals surface area contributed by atoms with Crippen LogP contribution in [0.3, 0.4) is 0 Å². The van der Waals surface area contributed by atoms with Gasteiger partial charge in [-0.15, -0.1) is 10.2 Å². The molecule has 31 heavy (non-hydrogen) atoms.